The van der Waals surface area contributed by atoms with Crippen LogP contribution in [0.1, 0.15) is 62.9 Å². The second-order valence-corrected chi connectivity index (χ2v) is 5.35. The van der Waals surface area contributed by atoms with Crippen LogP contribution in [0.5, 0.6) is 0 Å². The van der Waals surface area contributed by atoms with Crippen LogP contribution in [0, 0.1) is 5.41 Å². The van der Waals surface area contributed by atoms with E-state index in [1.54, 1.807) is 0 Å². The molecule has 16 heavy (non-hydrogen) atoms. The Morgan fingerprint density at radius 1 is 1.31 bits per heavy atom. The molecular weight excluding hydrogens is 196 g/mol. The standard InChI is InChI=1S/C15H22O/c1-6-15(4,5)14(16)13-9-7-8-12(10-13)11(2)3/h7-11H,6H2,1-5H3. The molecule has 0 N–H and O–H groups in total. The lowest BCUT2D eigenvalue weighted by Crippen LogP contribution is -2.23. The van der Waals surface area contributed by atoms with Crippen molar-refractivity contribution in [3.63, 3.8) is 0 Å². The Hall–Kier alpha value is -1.11. The minimum Gasteiger partial charge on any atom is -0.294 e. The first-order valence-electron chi connectivity index (χ1n) is 6.03. The monoisotopic (exact) mass is 218 g/mol. The van der Waals surface area contributed by atoms with Crippen molar-refractivity contribution in [3.05, 3.63) is 35.4 Å². The van der Waals surface area contributed by atoms with Gasteiger partial charge in [0.2, 0.25) is 0 Å². The summed E-state index contributed by atoms with van der Waals surface area (Å²) in [5.41, 5.74) is 1.83. The Balaban J connectivity index is 3.05. The molecule has 1 heteroatoms. The number of carbonyl (C=O) groups excluding carboxylic acids is 1. The van der Waals surface area contributed by atoms with Gasteiger partial charge in [0, 0.05) is 11.0 Å². The summed E-state index contributed by atoms with van der Waals surface area (Å²) in [6, 6.07) is 8.02. The van der Waals surface area contributed by atoms with E-state index in [0.717, 1.165) is 12.0 Å². The number of rotatable bonds is 4. The van der Waals surface area contributed by atoms with Crippen molar-refractivity contribution < 1.29 is 4.79 Å². The van der Waals surface area contributed by atoms with Crippen LogP contribution in [0.2, 0.25) is 0 Å². The highest BCUT2D eigenvalue weighted by Gasteiger charge is 2.26. The maximum Gasteiger partial charge on any atom is 0.168 e. The minimum atomic E-state index is -0.254. The van der Waals surface area contributed by atoms with Crippen molar-refractivity contribution >= 4 is 5.78 Å². The summed E-state index contributed by atoms with van der Waals surface area (Å²) in [5, 5.41) is 0. The van der Waals surface area contributed by atoms with E-state index < -0.39 is 0 Å². The summed E-state index contributed by atoms with van der Waals surface area (Å²) in [6.45, 7) is 10.4. The van der Waals surface area contributed by atoms with Crippen LogP contribution in [0.25, 0.3) is 0 Å². The molecule has 0 aromatic heterocycles. The minimum absolute atomic E-state index is 0.248. The molecule has 0 amide bonds. The van der Waals surface area contributed by atoms with Crippen molar-refractivity contribution in [2.75, 3.05) is 0 Å². The van der Waals surface area contributed by atoms with E-state index in [4.69, 9.17) is 0 Å². The highest BCUT2D eigenvalue weighted by atomic mass is 16.1. The van der Waals surface area contributed by atoms with E-state index in [-0.39, 0.29) is 11.2 Å². The van der Waals surface area contributed by atoms with Gasteiger partial charge in [-0.05, 0) is 24.0 Å². The predicted molar refractivity (Wildman–Crippen MR) is 68.9 cm³/mol. The first-order chi connectivity index (χ1) is 7.38. The van der Waals surface area contributed by atoms with Gasteiger partial charge >= 0.3 is 0 Å². The van der Waals surface area contributed by atoms with Crippen molar-refractivity contribution in [3.8, 4) is 0 Å². The van der Waals surface area contributed by atoms with Gasteiger partial charge in [0.1, 0.15) is 0 Å². The van der Waals surface area contributed by atoms with Crippen LogP contribution in [0.3, 0.4) is 0 Å². The second-order valence-electron chi connectivity index (χ2n) is 5.35. The molecule has 1 rings (SSSR count). The van der Waals surface area contributed by atoms with E-state index in [0.29, 0.717) is 5.92 Å². The van der Waals surface area contributed by atoms with Crippen LogP contribution in [-0.2, 0) is 0 Å². The summed E-state index contributed by atoms with van der Waals surface area (Å²) in [7, 11) is 0. The van der Waals surface area contributed by atoms with Crippen molar-refractivity contribution in [1.82, 2.24) is 0 Å². The molecule has 0 saturated heterocycles. The molecule has 0 aliphatic carbocycles. The lowest BCUT2D eigenvalue weighted by molar-refractivity contribution is 0.0833. The summed E-state index contributed by atoms with van der Waals surface area (Å²) in [4.78, 5) is 12.3. The molecule has 0 saturated carbocycles. The van der Waals surface area contributed by atoms with E-state index in [1.165, 1.54) is 5.56 Å². The number of Topliss-reactive ketones (excluding diaryl/α,β-unsaturated/α-hetero) is 1. The molecule has 0 fully saturated rings. The number of benzene rings is 1. The van der Waals surface area contributed by atoms with E-state index in [9.17, 15) is 4.79 Å². The fraction of sp³-hybridized carbons (Fsp3) is 0.533. The first-order valence-corrected chi connectivity index (χ1v) is 6.03. The molecule has 0 bridgehead atoms. The molecule has 0 unspecified atom stereocenters. The van der Waals surface area contributed by atoms with Crippen LogP contribution >= 0.6 is 0 Å². The third-order valence-electron chi connectivity index (χ3n) is 3.31. The van der Waals surface area contributed by atoms with E-state index in [1.807, 2.05) is 32.0 Å². The van der Waals surface area contributed by atoms with Gasteiger partial charge in [-0.3, -0.25) is 4.79 Å². The molecule has 0 spiro atoms. The van der Waals surface area contributed by atoms with Gasteiger partial charge in [-0.15, -0.1) is 0 Å². The van der Waals surface area contributed by atoms with Gasteiger partial charge in [0.15, 0.2) is 5.78 Å². The largest absolute Gasteiger partial charge is 0.294 e. The predicted octanol–water partition coefficient (Wildman–Crippen LogP) is 4.43. The lowest BCUT2D eigenvalue weighted by atomic mass is 9.81. The Bertz CT molecular complexity index is 375. The van der Waals surface area contributed by atoms with Crippen molar-refractivity contribution in [2.24, 2.45) is 5.41 Å². The van der Waals surface area contributed by atoms with Crippen LogP contribution in [0.15, 0.2) is 24.3 Å². The Kier molecular flexibility index (Phi) is 3.90. The zero-order valence-electron chi connectivity index (χ0n) is 11.0. The Labute approximate surface area is 98.9 Å². The average molecular weight is 218 g/mol. The number of carbonyl (C=O) groups is 1. The smallest absolute Gasteiger partial charge is 0.168 e. The summed E-state index contributed by atoms with van der Waals surface area (Å²) in [6.07, 6.45) is 0.873. The zero-order valence-corrected chi connectivity index (χ0v) is 11.0. The van der Waals surface area contributed by atoms with Crippen LogP contribution < -0.4 is 0 Å². The lowest BCUT2D eigenvalue weighted by Gasteiger charge is -2.21. The highest BCUT2D eigenvalue weighted by molar-refractivity contribution is 6.00. The quantitative estimate of drug-likeness (QED) is 0.683. The molecule has 1 aromatic carbocycles. The molecule has 0 heterocycles. The van der Waals surface area contributed by atoms with Gasteiger partial charge in [0.25, 0.3) is 0 Å². The van der Waals surface area contributed by atoms with Crippen LogP contribution in [-0.4, -0.2) is 5.78 Å². The van der Waals surface area contributed by atoms with E-state index in [2.05, 4.69) is 26.8 Å². The molecule has 1 aromatic rings. The molecule has 0 aliphatic rings. The van der Waals surface area contributed by atoms with Gasteiger partial charge in [-0.25, -0.2) is 0 Å². The molecular formula is C15H22O. The summed E-state index contributed by atoms with van der Waals surface area (Å²) in [5.74, 6) is 0.718. The molecule has 0 radical (unpaired) electrons. The number of ketones is 1. The molecule has 1 nitrogen and oxygen atoms in total. The molecule has 0 atom stereocenters. The zero-order chi connectivity index (χ0) is 12.3. The first kappa shape index (κ1) is 13.0. The highest BCUT2D eigenvalue weighted by Crippen LogP contribution is 2.26. The van der Waals surface area contributed by atoms with Crippen LogP contribution in [0.4, 0.5) is 0 Å². The average Bonchev–Trinajstić information content (AvgIpc) is 2.28. The topological polar surface area (TPSA) is 17.1 Å². The third kappa shape index (κ3) is 2.72. The molecule has 88 valence electrons. The number of hydrogen-bond donors (Lipinski definition) is 0. The molecule has 0 aliphatic heterocycles. The maximum atomic E-state index is 12.3. The third-order valence-corrected chi connectivity index (χ3v) is 3.31. The normalized spacial score (nSPS) is 11.9. The fourth-order valence-electron chi connectivity index (χ4n) is 1.59. The maximum absolute atomic E-state index is 12.3. The van der Waals surface area contributed by atoms with E-state index >= 15 is 0 Å². The van der Waals surface area contributed by atoms with Crippen molar-refractivity contribution in [1.29, 1.82) is 0 Å². The summed E-state index contributed by atoms with van der Waals surface area (Å²) < 4.78 is 0. The fourth-order valence-corrected chi connectivity index (χ4v) is 1.59. The Morgan fingerprint density at radius 2 is 1.94 bits per heavy atom. The summed E-state index contributed by atoms with van der Waals surface area (Å²) >= 11 is 0. The second kappa shape index (κ2) is 4.82. The van der Waals surface area contributed by atoms with Gasteiger partial charge in [-0.2, -0.15) is 0 Å². The van der Waals surface area contributed by atoms with Crippen molar-refractivity contribution in [2.45, 2.75) is 47.0 Å². The SMILES string of the molecule is CCC(C)(C)C(=O)c1cccc(C(C)C)c1. The van der Waals surface area contributed by atoms with Gasteiger partial charge in [0.05, 0.1) is 0 Å². The van der Waals surface area contributed by atoms with Gasteiger partial charge < -0.3 is 0 Å². The number of hydrogen-bond acceptors (Lipinski definition) is 1. The Morgan fingerprint density at radius 3 is 2.44 bits per heavy atom. The van der Waals surface area contributed by atoms with Gasteiger partial charge in [-0.1, -0.05) is 52.8 Å².